The number of Topliss-reactive ketones (excluding diaryl/α,β-unsaturated/α-hetero) is 1. The van der Waals surface area contributed by atoms with Gasteiger partial charge in [-0.15, -0.1) is 11.3 Å². The quantitative estimate of drug-likeness (QED) is 0.357. The number of aliphatic hydroxyl groups is 1. The van der Waals surface area contributed by atoms with Crippen LogP contribution < -0.4 is 0 Å². The molecule has 2 rings (SSSR count). The number of hydrogen-bond donors (Lipinski definition) is 1. The predicted octanol–water partition coefficient (Wildman–Crippen LogP) is 6.79. The van der Waals surface area contributed by atoms with Gasteiger partial charge in [0.05, 0.1) is 11.8 Å². The van der Waals surface area contributed by atoms with Crippen LogP contribution in [0.4, 0.5) is 0 Å². The molecular weight excluding hydrogens is 466 g/mol. The number of hydrogen-bond acceptors (Lipinski definition) is 7. The molecule has 1 saturated heterocycles. The van der Waals surface area contributed by atoms with Gasteiger partial charge in [-0.3, -0.25) is 9.59 Å². The van der Waals surface area contributed by atoms with Gasteiger partial charge in [-0.05, 0) is 61.8 Å². The molecule has 0 spiro atoms. The molecule has 7 heteroatoms. The Hall–Kier alpha value is -1.18. The summed E-state index contributed by atoms with van der Waals surface area (Å²) < 4.78 is 7.02. The number of rotatable bonds is 3. The minimum atomic E-state index is -0.673. The number of aliphatic hydroxyl groups excluding tert-OH is 1. The maximum absolute atomic E-state index is 12.9. The minimum Gasteiger partial charge on any atom is -0.458 e. The van der Waals surface area contributed by atoms with Crippen molar-refractivity contribution >= 4 is 40.9 Å². The second kappa shape index (κ2) is 13.2. The molecule has 0 aromatic carbocycles. The molecule has 0 radical (unpaired) electrons. The zero-order valence-corrected chi connectivity index (χ0v) is 23.6. The van der Waals surface area contributed by atoms with E-state index in [4.69, 9.17) is 4.74 Å². The fraction of sp³-hybridized carbons (Fsp3) is 0.741. The highest BCUT2D eigenvalue weighted by Crippen LogP contribution is 2.32. The van der Waals surface area contributed by atoms with Gasteiger partial charge >= 0.3 is 5.97 Å². The normalized spacial score (nSPS) is 30.7. The molecular formula is C27H43NO4S2. The summed E-state index contributed by atoms with van der Waals surface area (Å²) in [6.45, 7) is 12.3. The van der Waals surface area contributed by atoms with Gasteiger partial charge in [-0.1, -0.05) is 59.2 Å². The van der Waals surface area contributed by atoms with Gasteiger partial charge in [-0.2, -0.15) is 0 Å². The highest BCUT2D eigenvalue weighted by molar-refractivity contribution is 8.00. The van der Waals surface area contributed by atoms with Gasteiger partial charge in [0.1, 0.15) is 16.2 Å². The van der Waals surface area contributed by atoms with Crippen LogP contribution in [0.5, 0.6) is 0 Å². The third-order valence-electron chi connectivity index (χ3n) is 7.47. The van der Waals surface area contributed by atoms with Gasteiger partial charge in [0.15, 0.2) is 0 Å². The second-order valence-corrected chi connectivity index (χ2v) is 12.7. The van der Waals surface area contributed by atoms with E-state index in [1.54, 1.807) is 23.1 Å². The van der Waals surface area contributed by atoms with Crippen LogP contribution in [0.1, 0.15) is 92.2 Å². The maximum Gasteiger partial charge on any atom is 0.306 e. The van der Waals surface area contributed by atoms with Crippen LogP contribution in [0, 0.1) is 23.2 Å². The van der Waals surface area contributed by atoms with E-state index in [1.165, 1.54) is 0 Å². The summed E-state index contributed by atoms with van der Waals surface area (Å²) in [6.07, 6.45) is 7.57. The van der Waals surface area contributed by atoms with Gasteiger partial charge in [-0.25, -0.2) is 4.98 Å². The number of thiazole rings is 1. The fourth-order valence-corrected chi connectivity index (χ4v) is 5.56. The summed E-state index contributed by atoms with van der Waals surface area (Å²) in [4.78, 5) is 30.3. The van der Waals surface area contributed by atoms with E-state index in [1.807, 2.05) is 45.4 Å². The highest BCUT2D eigenvalue weighted by atomic mass is 32.2. The second-order valence-electron chi connectivity index (χ2n) is 10.8. The van der Waals surface area contributed by atoms with Crippen molar-refractivity contribution in [2.24, 2.45) is 23.2 Å². The molecule has 0 bridgehead atoms. The zero-order valence-electron chi connectivity index (χ0n) is 21.9. The number of ketones is 1. The lowest BCUT2D eigenvalue weighted by atomic mass is 9.79. The maximum atomic E-state index is 12.9. The third kappa shape index (κ3) is 8.80. The third-order valence-corrected chi connectivity index (χ3v) is 9.35. The number of carbonyl (C=O) groups excluding carboxylic acids is 2. The first-order valence-corrected chi connectivity index (χ1v) is 14.6. The predicted molar refractivity (Wildman–Crippen MR) is 142 cm³/mol. The van der Waals surface area contributed by atoms with Gasteiger partial charge in [0, 0.05) is 23.6 Å². The van der Waals surface area contributed by atoms with Crippen molar-refractivity contribution in [2.45, 2.75) is 103 Å². The van der Waals surface area contributed by atoms with E-state index in [-0.39, 0.29) is 36.6 Å². The number of carbonyl (C=O) groups is 2. The van der Waals surface area contributed by atoms with Crippen molar-refractivity contribution in [3.05, 3.63) is 16.6 Å². The lowest BCUT2D eigenvalue weighted by molar-refractivity contribution is -0.149. The summed E-state index contributed by atoms with van der Waals surface area (Å²) in [6, 6.07) is 0. The molecule has 2 heterocycles. The monoisotopic (exact) mass is 509 g/mol. The van der Waals surface area contributed by atoms with Crippen LogP contribution >= 0.6 is 23.1 Å². The topological polar surface area (TPSA) is 76.5 Å². The Kier molecular flexibility index (Phi) is 11.3. The highest BCUT2D eigenvalue weighted by Gasteiger charge is 2.32. The molecule has 1 aliphatic rings. The number of cyclic esters (lactones) is 1. The summed E-state index contributed by atoms with van der Waals surface area (Å²) in [7, 11) is 0. The van der Waals surface area contributed by atoms with Crippen LogP contribution in [0.2, 0.25) is 0 Å². The molecule has 1 aliphatic heterocycles. The average Bonchev–Trinajstić information content (AvgIpc) is 3.23. The Morgan fingerprint density at radius 2 is 1.88 bits per heavy atom. The Bertz CT molecular complexity index is 847. The Labute approximate surface area is 214 Å². The first-order chi connectivity index (χ1) is 15.9. The fourth-order valence-electron chi connectivity index (χ4n) is 4.33. The molecule has 1 fully saturated rings. The Morgan fingerprint density at radius 1 is 1.21 bits per heavy atom. The van der Waals surface area contributed by atoms with Crippen molar-refractivity contribution in [3.63, 3.8) is 0 Å². The Morgan fingerprint density at radius 3 is 2.53 bits per heavy atom. The van der Waals surface area contributed by atoms with Crippen molar-refractivity contribution in [2.75, 3.05) is 6.26 Å². The van der Waals surface area contributed by atoms with E-state index in [0.29, 0.717) is 18.3 Å². The van der Waals surface area contributed by atoms with Crippen LogP contribution in [0.15, 0.2) is 15.3 Å². The summed E-state index contributed by atoms with van der Waals surface area (Å²) >= 11 is 3.24. The van der Waals surface area contributed by atoms with Crippen molar-refractivity contribution in [1.82, 2.24) is 4.98 Å². The summed E-state index contributed by atoms with van der Waals surface area (Å²) in [5, 5.41) is 12.6. The summed E-state index contributed by atoms with van der Waals surface area (Å²) in [5.41, 5.74) is 1.22. The first kappa shape index (κ1) is 29.1. The van der Waals surface area contributed by atoms with E-state index in [2.05, 4.69) is 18.8 Å². The van der Waals surface area contributed by atoms with Crippen LogP contribution in [0.25, 0.3) is 6.08 Å². The molecule has 34 heavy (non-hydrogen) atoms. The molecule has 3 unspecified atom stereocenters. The average molecular weight is 510 g/mol. The molecule has 1 aromatic heterocycles. The standard InChI is InChI=1S/C27H43NO4S2/c1-17-9-8-10-18(2)22(29)15-24(30)27(5,6)12-11-25(31)32-23(14-19(17)3)20(4)13-21-16-34-26(28-21)33-7/h13,16-19,22-23,29H,8-12,14-15H2,1-7H3/b20-13+/t17?,18-,19?,22+,23?/m0/s1. The number of aromatic nitrogens is 1. The van der Waals surface area contributed by atoms with E-state index in [0.717, 1.165) is 41.3 Å². The molecule has 1 aromatic rings. The summed E-state index contributed by atoms with van der Waals surface area (Å²) in [5.74, 6) is 0.665. The van der Waals surface area contributed by atoms with Crippen LogP contribution in [-0.4, -0.2) is 40.3 Å². The van der Waals surface area contributed by atoms with Gasteiger partial charge < -0.3 is 9.84 Å². The van der Waals surface area contributed by atoms with E-state index >= 15 is 0 Å². The number of ether oxygens (including phenoxy) is 1. The zero-order chi connectivity index (χ0) is 25.5. The molecule has 5 atom stereocenters. The van der Waals surface area contributed by atoms with Gasteiger partial charge in [0.25, 0.3) is 0 Å². The first-order valence-electron chi connectivity index (χ1n) is 12.5. The van der Waals surface area contributed by atoms with Gasteiger partial charge in [0.2, 0.25) is 0 Å². The van der Waals surface area contributed by atoms with Crippen molar-refractivity contribution in [1.29, 1.82) is 0 Å². The molecule has 0 saturated carbocycles. The lowest BCUT2D eigenvalue weighted by Crippen LogP contribution is -2.32. The molecule has 0 aliphatic carbocycles. The smallest absolute Gasteiger partial charge is 0.306 e. The minimum absolute atomic E-state index is 0.00879. The Balaban J connectivity index is 2.24. The van der Waals surface area contributed by atoms with Crippen molar-refractivity contribution in [3.8, 4) is 0 Å². The number of esters is 1. The van der Waals surface area contributed by atoms with E-state index in [9.17, 15) is 14.7 Å². The largest absolute Gasteiger partial charge is 0.458 e. The van der Waals surface area contributed by atoms with E-state index < -0.39 is 11.5 Å². The number of thioether (sulfide) groups is 1. The number of nitrogens with zero attached hydrogens (tertiary/aromatic N) is 1. The molecule has 1 N–H and O–H groups in total. The van der Waals surface area contributed by atoms with Crippen molar-refractivity contribution < 1.29 is 19.4 Å². The molecule has 0 amide bonds. The SMILES string of the molecule is CSc1nc(/C=C(\C)C2CC(C)C(C)CCC[C@H](C)[C@H](O)CC(=O)C(C)(C)CCC(=O)O2)cs1. The molecule has 5 nitrogen and oxygen atoms in total. The van der Waals surface area contributed by atoms with Crippen LogP contribution in [-0.2, 0) is 14.3 Å². The lowest BCUT2D eigenvalue weighted by Gasteiger charge is -2.29. The van der Waals surface area contributed by atoms with Crippen LogP contribution in [0.3, 0.4) is 0 Å². The molecule has 192 valence electrons.